The highest BCUT2D eigenvalue weighted by atomic mass is 16.6. The Morgan fingerprint density at radius 3 is 2.50 bits per heavy atom. The van der Waals surface area contributed by atoms with E-state index >= 15 is 0 Å². The van der Waals surface area contributed by atoms with Crippen LogP contribution in [0.3, 0.4) is 0 Å². The van der Waals surface area contributed by atoms with Gasteiger partial charge in [-0.2, -0.15) is 0 Å². The Morgan fingerprint density at radius 2 is 1.96 bits per heavy atom. The molecule has 2 aromatic rings. The zero-order valence-corrected chi connectivity index (χ0v) is 15.5. The number of nitrogens with zero attached hydrogens (tertiary/aromatic N) is 4. The van der Waals surface area contributed by atoms with Gasteiger partial charge in [0.15, 0.2) is 0 Å². The van der Waals surface area contributed by atoms with Crippen molar-refractivity contribution in [3.05, 3.63) is 66.3 Å². The fourth-order valence-corrected chi connectivity index (χ4v) is 3.13. The van der Waals surface area contributed by atoms with Crippen molar-refractivity contribution >= 4 is 18.3 Å². The van der Waals surface area contributed by atoms with E-state index in [0.717, 1.165) is 5.56 Å². The molecular formula is C20H20N4O4. The van der Waals surface area contributed by atoms with E-state index in [1.54, 1.807) is 62.9 Å². The number of ether oxygens (including phenoxy) is 1. The highest BCUT2D eigenvalue weighted by molar-refractivity contribution is 5.77. The number of carboxylic acid groups (broad SMARTS) is 1. The molecular weight excluding hydrogens is 360 g/mol. The molecule has 1 aliphatic rings. The van der Waals surface area contributed by atoms with Crippen LogP contribution in [0.25, 0.3) is 0 Å². The van der Waals surface area contributed by atoms with Crippen LogP contribution in [0.1, 0.15) is 23.6 Å². The Balaban J connectivity index is 1.98. The summed E-state index contributed by atoms with van der Waals surface area (Å²) in [5.74, 6) is -1.08. The van der Waals surface area contributed by atoms with E-state index in [4.69, 9.17) is 4.74 Å². The number of rotatable bonds is 6. The average molecular weight is 380 g/mol. The Kier molecular flexibility index (Phi) is 5.49. The van der Waals surface area contributed by atoms with E-state index in [1.807, 2.05) is 6.08 Å². The van der Waals surface area contributed by atoms with Crippen molar-refractivity contribution in [3.8, 4) is 5.75 Å². The van der Waals surface area contributed by atoms with Gasteiger partial charge in [-0.25, -0.2) is 14.8 Å². The molecule has 0 spiro atoms. The Bertz CT molecular complexity index is 896. The van der Waals surface area contributed by atoms with Gasteiger partial charge in [-0.3, -0.25) is 9.79 Å². The van der Waals surface area contributed by atoms with E-state index < -0.39 is 23.5 Å². The molecule has 1 aliphatic heterocycles. The lowest BCUT2D eigenvalue weighted by Crippen LogP contribution is -2.31. The standard InChI is InChI=1S/C20H20N4O4/c1-24(2)19(27)28-15-6-4-14(5-7-15)16(12-18(25)26)20(9-3-10-23-20)17-8-11-21-13-22-17/h3-11,13,16H,12H2,1-2H3,(H,25,26). The molecule has 0 aliphatic carbocycles. The third kappa shape index (κ3) is 3.90. The van der Waals surface area contributed by atoms with Crippen molar-refractivity contribution in [2.45, 2.75) is 17.9 Å². The van der Waals surface area contributed by atoms with Crippen LogP contribution >= 0.6 is 0 Å². The summed E-state index contributed by atoms with van der Waals surface area (Å²) in [6, 6.07) is 8.51. The molecule has 8 nitrogen and oxygen atoms in total. The number of amides is 1. The van der Waals surface area contributed by atoms with Crippen LogP contribution in [-0.4, -0.2) is 52.3 Å². The van der Waals surface area contributed by atoms with Crippen molar-refractivity contribution in [1.82, 2.24) is 14.9 Å². The van der Waals surface area contributed by atoms with Crippen LogP contribution in [0.2, 0.25) is 0 Å². The van der Waals surface area contributed by atoms with Gasteiger partial charge in [-0.15, -0.1) is 0 Å². The maximum absolute atomic E-state index is 11.7. The van der Waals surface area contributed by atoms with E-state index in [0.29, 0.717) is 11.4 Å². The van der Waals surface area contributed by atoms with E-state index in [2.05, 4.69) is 15.0 Å². The molecule has 1 N–H and O–H groups in total. The van der Waals surface area contributed by atoms with Gasteiger partial charge in [0.05, 0.1) is 12.1 Å². The van der Waals surface area contributed by atoms with Crippen LogP contribution in [0.4, 0.5) is 4.79 Å². The molecule has 0 fully saturated rings. The highest BCUT2D eigenvalue weighted by Crippen LogP contribution is 2.44. The highest BCUT2D eigenvalue weighted by Gasteiger charge is 2.42. The normalized spacial score (nSPS) is 18.6. The SMILES string of the molecule is CN(C)C(=O)Oc1ccc(C(CC(=O)O)C2(c3ccncn3)C=CC=N2)cc1. The van der Waals surface area contributed by atoms with Crippen molar-refractivity contribution in [2.24, 2.45) is 4.99 Å². The fourth-order valence-electron chi connectivity index (χ4n) is 3.13. The summed E-state index contributed by atoms with van der Waals surface area (Å²) in [5.41, 5.74) is 0.416. The monoisotopic (exact) mass is 380 g/mol. The number of aliphatic imine (C=N–C) groups is 1. The van der Waals surface area contributed by atoms with Crippen LogP contribution in [-0.2, 0) is 10.3 Å². The minimum atomic E-state index is -0.947. The first-order valence-corrected chi connectivity index (χ1v) is 8.63. The van der Waals surface area contributed by atoms with Crippen LogP contribution < -0.4 is 4.74 Å². The number of aliphatic carboxylic acids is 1. The zero-order chi connectivity index (χ0) is 20.1. The molecule has 3 rings (SSSR count). The molecule has 2 atom stereocenters. The largest absolute Gasteiger partial charge is 0.481 e. The van der Waals surface area contributed by atoms with Gasteiger partial charge in [0.2, 0.25) is 0 Å². The van der Waals surface area contributed by atoms with Gasteiger partial charge >= 0.3 is 12.1 Å². The summed E-state index contributed by atoms with van der Waals surface area (Å²) < 4.78 is 5.23. The van der Waals surface area contributed by atoms with E-state index in [1.165, 1.54) is 11.2 Å². The second-order valence-electron chi connectivity index (χ2n) is 6.54. The predicted molar refractivity (Wildman–Crippen MR) is 102 cm³/mol. The first-order valence-electron chi connectivity index (χ1n) is 8.63. The number of carbonyl (C=O) groups is 2. The lowest BCUT2D eigenvalue weighted by molar-refractivity contribution is -0.137. The van der Waals surface area contributed by atoms with Crippen molar-refractivity contribution in [3.63, 3.8) is 0 Å². The van der Waals surface area contributed by atoms with E-state index in [-0.39, 0.29) is 6.42 Å². The van der Waals surface area contributed by atoms with Gasteiger partial charge in [0.25, 0.3) is 0 Å². The second-order valence-corrected chi connectivity index (χ2v) is 6.54. The zero-order valence-electron chi connectivity index (χ0n) is 15.5. The van der Waals surface area contributed by atoms with Gasteiger partial charge in [0.1, 0.15) is 17.6 Å². The third-order valence-electron chi connectivity index (χ3n) is 4.48. The van der Waals surface area contributed by atoms with Gasteiger partial charge in [0, 0.05) is 32.4 Å². The number of hydrogen-bond acceptors (Lipinski definition) is 6. The summed E-state index contributed by atoms with van der Waals surface area (Å²) >= 11 is 0. The van der Waals surface area contributed by atoms with Crippen LogP contribution in [0.15, 0.2) is 60.0 Å². The Labute approximate surface area is 162 Å². The molecule has 144 valence electrons. The third-order valence-corrected chi connectivity index (χ3v) is 4.48. The fraction of sp³-hybridized carbons (Fsp3) is 0.250. The molecule has 1 amide bonds. The first-order chi connectivity index (χ1) is 13.4. The van der Waals surface area contributed by atoms with Gasteiger partial charge in [-0.1, -0.05) is 12.1 Å². The molecule has 0 radical (unpaired) electrons. The van der Waals surface area contributed by atoms with Gasteiger partial charge < -0.3 is 14.7 Å². The molecule has 2 unspecified atom stereocenters. The average Bonchev–Trinajstić information content (AvgIpc) is 3.18. The molecule has 2 heterocycles. The number of carboxylic acids is 1. The van der Waals surface area contributed by atoms with Crippen LogP contribution in [0.5, 0.6) is 5.75 Å². The predicted octanol–water partition coefficient (Wildman–Crippen LogP) is 2.63. The molecule has 28 heavy (non-hydrogen) atoms. The smallest absolute Gasteiger partial charge is 0.414 e. The van der Waals surface area contributed by atoms with Crippen molar-refractivity contribution < 1.29 is 19.4 Å². The van der Waals surface area contributed by atoms with Crippen molar-refractivity contribution in [1.29, 1.82) is 0 Å². The molecule has 0 saturated heterocycles. The molecule has 1 aromatic heterocycles. The summed E-state index contributed by atoms with van der Waals surface area (Å²) in [6.07, 6.45) is 7.66. The van der Waals surface area contributed by atoms with Gasteiger partial charge in [-0.05, 0) is 35.9 Å². The van der Waals surface area contributed by atoms with Crippen LogP contribution in [0, 0.1) is 0 Å². The van der Waals surface area contributed by atoms with Crippen molar-refractivity contribution in [2.75, 3.05) is 14.1 Å². The summed E-state index contributed by atoms with van der Waals surface area (Å²) in [5, 5.41) is 9.52. The maximum Gasteiger partial charge on any atom is 0.414 e. The lowest BCUT2D eigenvalue weighted by atomic mass is 9.75. The minimum Gasteiger partial charge on any atom is -0.481 e. The number of benzene rings is 1. The summed E-state index contributed by atoms with van der Waals surface area (Å²) in [6.45, 7) is 0. The number of aromatic nitrogens is 2. The number of allylic oxidation sites excluding steroid dienone is 1. The Hall–Kier alpha value is -3.55. The van der Waals surface area contributed by atoms with E-state index in [9.17, 15) is 14.7 Å². The lowest BCUT2D eigenvalue weighted by Gasteiger charge is -2.32. The molecule has 0 saturated carbocycles. The molecule has 8 heteroatoms. The second kappa shape index (κ2) is 7.99. The maximum atomic E-state index is 11.7. The quantitative estimate of drug-likeness (QED) is 0.826. The first kappa shape index (κ1) is 19.2. The summed E-state index contributed by atoms with van der Waals surface area (Å²) in [4.78, 5) is 37.5. The Morgan fingerprint density at radius 1 is 1.21 bits per heavy atom. The number of carbonyl (C=O) groups excluding carboxylic acids is 1. The summed E-state index contributed by atoms with van der Waals surface area (Å²) in [7, 11) is 3.19. The number of hydrogen-bond donors (Lipinski definition) is 1. The minimum absolute atomic E-state index is 0.150. The molecule has 1 aromatic carbocycles. The topological polar surface area (TPSA) is 105 Å². The molecule has 0 bridgehead atoms.